The molecule has 0 aromatic heterocycles. The molecule has 0 bridgehead atoms. The first-order valence-electron chi connectivity index (χ1n) is 5.60. The zero-order valence-electron chi connectivity index (χ0n) is 11.0. The number of anilines is 2. The molecule has 1 aromatic rings. The van der Waals surface area contributed by atoms with E-state index in [0.717, 1.165) is 6.07 Å². The van der Waals surface area contributed by atoms with Crippen molar-refractivity contribution >= 4 is 27.1 Å². The van der Waals surface area contributed by atoms with Crippen LogP contribution in [-0.4, -0.2) is 24.8 Å². The molecule has 0 saturated heterocycles. The predicted molar refractivity (Wildman–Crippen MR) is 73.0 cm³/mol. The number of sulfone groups is 1. The van der Waals surface area contributed by atoms with Crippen molar-refractivity contribution in [3.63, 3.8) is 0 Å². The molecule has 1 amide bonds. The molecular weight excluding hydrogens is 271 g/mol. The molecule has 5 nitrogen and oxygen atoms in total. The Hall–Kier alpha value is -1.63. The van der Waals surface area contributed by atoms with Crippen LogP contribution in [0.1, 0.15) is 20.8 Å². The molecule has 19 heavy (non-hydrogen) atoms. The van der Waals surface area contributed by atoms with Crippen molar-refractivity contribution in [2.75, 3.05) is 16.8 Å². The highest BCUT2D eigenvalue weighted by molar-refractivity contribution is 7.93. The van der Waals surface area contributed by atoms with Crippen LogP contribution < -0.4 is 11.1 Å². The summed E-state index contributed by atoms with van der Waals surface area (Å²) in [6, 6.07) is 3.68. The Bertz CT molecular complexity index is 591. The van der Waals surface area contributed by atoms with E-state index in [-0.39, 0.29) is 11.4 Å². The number of nitrogens with one attached hydrogen (secondary N) is 1. The van der Waals surface area contributed by atoms with E-state index in [1.165, 1.54) is 32.9 Å². The van der Waals surface area contributed by atoms with Crippen molar-refractivity contribution in [3.8, 4) is 0 Å². The Morgan fingerprint density at radius 2 is 1.95 bits per heavy atom. The maximum Gasteiger partial charge on any atom is 0.239 e. The van der Waals surface area contributed by atoms with Gasteiger partial charge in [-0.15, -0.1) is 0 Å². The van der Waals surface area contributed by atoms with Crippen LogP contribution in [0.2, 0.25) is 0 Å². The number of nitrogens with two attached hydrogens (primary N) is 1. The average molecular weight is 288 g/mol. The van der Waals surface area contributed by atoms with Gasteiger partial charge in [-0.05, 0) is 39.0 Å². The molecule has 7 heteroatoms. The molecule has 0 fully saturated rings. The van der Waals surface area contributed by atoms with Crippen LogP contribution in [0.3, 0.4) is 0 Å². The van der Waals surface area contributed by atoms with Crippen LogP contribution in [0.4, 0.5) is 15.8 Å². The fraction of sp³-hybridized carbons (Fsp3) is 0.417. The van der Waals surface area contributed by atoms with E-state index in [1.54, 1.807) is 0 Å². The lowest BCUT2D eigenvalue weighted by molar-refractivity contribution is -0.113. The van der Waals surface area contributed by atoms with Gasteiger partial charge in [0.1, 0.15) is 11.6 Å². The summed E-state index contributed by atoms with van der Waals surface area (Å²) < 4.78 is 36.0. The number of carbonyl (C=O) groups is 1. The first-order chi connectivity index (χ1) is 8.53. The molecule has 0 radical (unpaired) electrons. The maximum atomic E-state index is 13.4. The Labute approximate surface area is 111 Å². The standard InChI is InChI=1S/C12H17FN2O3S/c1-12(2,3)19(17,18)7-11(16)15-10-6-8(14)4-5-9(10)13/h4-6H,7,14H2,1-3H3,(H,15,16). The molecule has 3 N–H and O–H groups in total. The van der Waals surface area contributed by atoms with E-state index >= 15 is 0 Å². The summed E-state index contributed by atoms with van der Waals surface area (Å²) in [5.41, 5.74) is 5.61. The van der Waals surface area contributed by atoms with Crippen molar-refractivity contribution in [2.45, 2.75) is 25.5 Å². The van der Waals surface area contributed by atoms with Crippen molar-refractivity contribution < 1.29 is 17.6 Å². The van der Waals surface area contributed by atoms with Gasteiger partial charge in [0.25, 0.3) is 0 Å². The number of nitrogen functional groups attached to an aromatic ring is 1. The highest BCUT2D eigenvalue weighted by Crippen LogP contribution is 2.19. The summed E-state index contributed by atoms with van der Waals surface area (Å²) >= 11 is 0. The van der Waals surface area contributed by atoms with Gasteiger partial charge in [0, 0.05) is 5.69 Å². The number of benzene rings is 1. The summed E-state index contributed by atoms with van der Waals surface area (Å²) in [4.78, 5) is 11.6. The minimum atomic E-state index is -3.61. The van der Waals surface area contributed by atoms with Gasteiger partial charge >= 0.3 is 0 Å². The molecule has 0 unspecified atom stereocenters. The van der Waals surface area contributed by atoms with E-state index in [2.05, 4.69) is 5.32 Å². The molecule has 106 valence electrons. The first-order valence-corrected chi connectivity index (χ1v) is 7.25. The third-order valence-electron chi connectivity index (χ3n) is 2.52. The molecule has 0 aliphatic rings. The van der Waals surface area contributed by atoms with Crippen molar-refractivity contribution in [3.05, 3.63) is 24.0 Å². The number of hydrogen-bond donors (Lipinski definition) is 2. The monoisotopic (exact) mass is 288 g/mol. The van der Waals surface area contributed by atoms with Gasteiger partial charge in [0.2, 0.25) is 5.91 Å². The fourth-order valence-corrected chi connectivity index (χ4v) is 2.06. The van der Waals surface area contributed by atoms with Crippen LogP contribution in [-0.2, 0) is 14.6 Å². The Kier molecular flexibility index (Phi) is 4.19. The lowest BCUT2D eigenvalue weighted by Gasteiger charge is -2.18. The van der Waals surface area contributed by atoms with E-state index in [0.29, 0.717) is 0 Å². The van der Waals surface area contributed by atoms with Crippen LogP contribution >= 0.6 is 0 Å². The topological polar surface area (TPSA) is 89.3 Å². The van der Waals surface area contributed by atoms with E-state index in [1.807, 2.05) is 0 Å². The van der Waals surface area contributed by atoms with E-state index < -0.39 is 32.1 Å². The summed E-state index contributed by atoms with van der Waals surface area (Å²) in [6.07, 6.45) is 0. The Balaban J connectivity index is 2.85. The summed E-state index contributed by atoms with van der Waals surface area (Å²) in [7, 11) is -3.61. The molecule has 0 atom stereocenters. The number of amides is 1. The molecule has 0 spiro atoms. The minimum absolute atomic E-state index is 0.130. The van der Waals surface area contributed by atoms with E-state index in [9.17, 15) is 17.6 Å². The average Bonchev–Trinajstić information content (AvgIpc) is 2.21. The highest BCUT2D eigenvalue weighted by Gasteiger charge is 2.31. The second-order valence-electron chi connectivity index (χ2n) is 5.16. The van der Waals surface area contributed by atoms with Crippen molar-refractivity contribution in [2.24, 2.45) is 0 Å². The molecule has 0 heterocycles. The van der Waals surface area contributed by atoms with Crippen molar-refractivity contribution in [1.82, 2.24) is 0 Å². The Morgan fingerprint density at radius 3 is 2.47 bits per heavy atom. The zero-order chi connectivity index (χ0) is 14.8. The number of rotatable bonds is 3. The van der Waals surface area contributed by atoms with Gasteiger partial charge in [-0.25, -0.2) is 12.8 Å². The lowest BCUT2D eigenvalue weighted by atomic mass is 10.2. The predicted octanol–water partition coefficient (Wildman–Crippen LogP) is 1.56. The van der Waals surface area contributed by atoms with E-state index in [4.69, 9.17) is 5.73 Å². The van der Waals surface area contributed by atoms with Crippen LogP contribution in [0.25, 0.3) is 0 Å². The minimum Gasteiger partial charge on any atom is -0.399 e. The molecule has 0 aliphatic carbocycles. The van der Waals surface area contributed by atoms with Gasteiger partial charge in [-0.2, -0.15) is 0 Å². The van der Waals surface area contributed by atoms with Crippen LogP contribution in [0.5, 0.6) is 0 Å². The lowest BCUT2D eigenvalue weighted by Crippen LogP contribution is -2.35. The molecular formula is C12H17FN2O3S. The smallest absolute Gasteiger partial charge is 0.239 e. The fourth-order valence-electron chi connectivity index (χ4n) is 1.21. The Morgan fingerprint density at radius 1 is 1.37 bits per heavy atom. The SMILES string of the molecule is CC(C)(C)S(=O)(=O)CC(=O)Nc1cc(N)ccc1F. The number of halogens is 1. The summed E-state index contributed by atoms with van der Waals surface area (Å²) in [5.74, 6) is -2.17. The van der Waals surface area contributed by atoms with Gasteiger partial charge in [-0.1, -0.05) is 0 Å². The van der Waals surface area contributed by atoms with Crippen LogP contribution in [0, 0.1) is 5.82 Å². The van der Waals surface area contributed by atoms with Gasteiger partial charge in [0.05, 0.1) is 10.4 Å². The van der Waals surface area contributed by atoms with Gasteiger partial charge < -0.3 is 11.1 Å². The first kappa shape index (κ1) is 15.4. The number of carbonyl (C=O) groups excluding carboxylic acids is 1. The quantitative estimate of drug-likeness (QED) is 0.826. The summed E-state index contributed by atoms with van der Waals surface area (Å²) in [6.45, 7) is 4.49. The van der Waals surface area contributed by atoms with Crippen LogP contribution in [0.15, 0.2) is 18.2 Å². The zero-order valence-corrected chi connectivity index (χ0v) is 11.8. The maximum absolute atomic E-state index is 13.4. The van der Waals surface area contributed by atoms with Gasteiger partial charge in [0.15, 0.2) is 9.84 Å². The summed E-state index contributed by atoms with van der Waals surface area (Å²) in [5, 5.41) is 2.21. The van der Waals surface area contributed by atoms with Gasteiger partial charge in [-0.3, -0.25) is 4.79 Å². The number of hydrogen-bond acceptors (Lipinski definition) is 4. The second-order valence-corrected chi connectivity index (χ2v) is 7.90. The molecule has 0 aliphatic heterocycles. The molecule has 1 aromatic carbocycles. The second kappa shape index (κ2) is 5.16. The van der Waals surface area contributed by atoms with Crippen molar-refractivity contribution in [1.29, 1.82) is 0 Å². The normalized spacial score (nSPS) is 12.2. The third kappa shape index (κ3) is 3.92. The largest absolute Gasteiger partial charge is 0.399 e. The third-order valence-corrected chi connectivity index (χ3v) is 5.03. The molecule has 1 rings (SSSR count). The molecule has 0 saturated carbocycles. The highest BCUT2D eigenvalue weighted by atomic mass is 32.2.